The van der Waals surface area contributed by atoms with Gasteiger partial charge >= 0.3 is 5.97 Å². The SMILES string of the molecule is COc1cc(C(=O)OC(C)C(=O)c2ccc(CNC(C)=O)s2)c([N+](=O)[O-])cc1OC. The van der Waals surface area contributed by atoms with Crippen molar-refractivity contribution < 1.29 is 33.5 Å². The van der Waals surface area contributed by atoms with Crippen molar-refractivity contribution in [2.45, 2.75) is 26.5 Å². The number of hydrogen-bond donors (Lipinski definition) is 1. The van der Waals surface area contributed by atoms with Gasteiger partial charge in [-0.3, -0.25) is 19.7 Å². The highest BCUT2D eigenvalue weighted by Gasteiger charge is 2.29. The van der Waals surface area contributed by atoms with Crippen LogP contribution in [0.25, 0.3) is 0 Å². The Balaban J connectivity index is 2.20. The summed E-state index contributed by atoms with van der Waals surface area (Å²) in [6.07, 6.45) is -1.18. The molecule has 1 atom stereocenters. The molecule has 1 unspecified atom stereocenters. The van der Waals surface area contributed by atoms with E-state index in [4.69, 9.17) is 14.2 Å². The van der Waals surface area contributed by atoms with Crippen molar-refractivity contribution in [3.05, 3.63) is 49.7 Å². The van der Waals surface area contributed by atoms with Crippen molar-refractivity contribution in [1.29, 1.82) is 0 Å². The molecule has 1 amide bonds. The molecule has 0 fully saturated rings. The lowest BCUT2D eigenvalue weighted by Crippen LogP contribution is -2.24. The number of Topliss-reactive ketones (excluding diaryl/α,β-unsaturated/α-hetero) is 1. The normalized spacial score (nSPS) is 11.3. The van der Waals surface area contributed by atoms with Crippen LogP contribution in [-0.2, 0) is 16.1 Å². The first-order valence-electron chi connectivity index (χ1n) is 8.66. The van der Waals surface area contributed by atoms with E-state index in [0.717, 1.165) is 28.3 Å². The minimum Gasteiger partial charge on any atom is -0.493 e. The number of nitrogens with zero attached hydrogens (tertiary/aromatic N) is 1. The Bertz CT molecular complexity index is 985. The number of thiophene rings is 1. The average molecular weight is 436 g/mol. The molecule has 1 aromatic carbocycles. The molecule has 11 heteroatoms. The van der Waals surface area contributed by atoms with Crippen molar-refractivity contribution in [2.24, 2.45) is 0 Å². The topological polar surface area (TPSA) is 134 Å². The van der Waals surface area contributed by atoms with E-state index in [9.17, 15) is 24.5 Å². The molecule has 30 heavy (non-hydrogen) atoms. The molecule has 2 rings (SSSR count). The number of amides is 1. The number of carbonyl (C=O) groups excluding carboxylic acids is 3. The molecular weight excluding hydrogens is 416 g/mol. The van der Waals surface area contributed by atoms with Gasteiger partial charge in [0.1, 0.15) is 5.56 Å². The molecule has 10 nitrogen and oxygen atoms in total. The van der Waals surface area contributed by atoms with E-state index in [1.54, 1.807) is 12.1 Å². The molecule has 0 saturated heterocycles. The molecule has 0 bridgehead atoms. The molecule has 0 aliphatic rings. The predicted octanol–water partition coefficient (Wildman–Crippen LogP) is 2.74. The van der Waals surface area contributed by atoms with Gasteiger partial charge in [0.2, 0.25) is 11.7 Å². The first kappa shape index (κ1) is 22.8. The third-order valence-electron chi connectivity index (χ3n) is 3.99. The van der Waals surface area contributed by atoms with Crippen LogP contribution in [-0.4, -0.2) is 42.9 Å². The van der Waals surface area contributed by atoms with E-state index in [0.29, 0.717) is 4.88 Å². The number of nitro benzene ring substituents is 1. The number of ketones is 1. The number of esters is 1. The van der Waals surface area contributed by atoms with E-state index in [1.165, 1.54) is 28.1 Å². The van der Waals surface area contributed by atoms with Gasteiger partial charge in [-0.15, -0.1) is 11.3 Å². The van der Waals surface area contributed by atoms with Gasteiger partial charge in [0.15, 0.2) is 17.6 Å². The Kier molecular flexibility index (Phi) is 7.48. The molecule has 160 valence electrons. The quantitative estimate of drug-likeness (QED) is 0.274. The van der Waals surface area contributed by atoms with Crippen LogP contribution >= 0.6 is 11.3 Å². The van der Waals surface area contributed by atoms with Crippen LogP contribution in [0.3, 0.4) is 0 Å². The molecule has 1 aromatic heterocycles. The zero-order chi connectivity index (χ0) is 22.4. The molecule has 0 spiro atoms. The lowest BCUT2D eigenvalue weighted by Gasteiger charge is -2.13. The zero-order valence-corrected chi connectivity index (χ0v) is 17.5. The van der Waals surface area contributed by atoms with E-state index in [2.05, 4.69) is 5.32 Å². The summed E-state index contributed by atoms with van der Waals surface area (Å²) in [5, 5.41) is 14.0. The number of carbonyl (C=O) groups is 3. The van der Waals surface area contributed by atoms with Gasteiger partial charge in [0.05, 0.1) is 36.6 Å². The highest BCUT2D eigenvalue weighted by atomic mass is 32.1. The standard InChI is InChI=1S/C19H20N2O8S/c1-10(18(23)17-6-5-12(30-17)9-20-11(2)22)29-19(24)13-7-15(27-3)16(28-4)8-14(13)21(25)26/h5-8,10H,9H2,1-4H3,(H,20,22). The van der Waals surface area contributed by atoms with E-state index in [-0.39, 0.29) is 29.5 Å². The van der Waals surface area contributed by atoms with Gasteiger partial charge in [-0.25, -0.2) is 4.79 Å². The summed E-state index contributed by atoms with van der Waals surface area (Å²) in [4.78, 5) is 47.8. The highest BCUT2D eigenvalue weighted by Crippen LogP contribution is 2.35. The van der Waals surface area contributed by atoms with Crippen LogP contribution < -0.4 is 14.8 Å². The van der Waals surface area contributed by atoms with Gasteiger partial charge in [0.25, 0.3) is 5.69 Å². The largest absolute Gasteiger partial charge is 0.493 e. The first-order valence-corrected chi connectivity index (χ1v) is 9.48. The predicted molar refractivity (Wildman–Crippen MR) is 107 cm³/mol. The van der Waals surface area contributed by atoms with Crippen molar-refractivity contribution in [3.63, 3.8) is 0 Å². The van der Waals surface area contributed by atoms with E-state index < -0.39 is 28.5 Å². The Morgan fingerprint density at radius 2 is 1.80 bits per heavy atom. The molecule has 1 N–H and O–H groups in total. The Labute approximate surface area is 175 Å². The molecule has 0 saturated carbocycles. The number of rotatable bonds is 9. The summed E-state index contributed by atoms with van der Waals surface area (Å²) in [6.45, 7) is 3.04. The molecule has 0 aliphatic heterocycles. The van der Waals surface area contributed by atoms with Crippen molar-refractivity contribution in [3.8, 4) is 11.5 Å². The molecular formula is C19H20N2O8S. The lowest BCUT2D eigenvalue weighted by molar-refractivity contribution is -0.385. The summed E-state index contributed by atoms with van der Waals surface area (Å²) in [5.41, 5.74) is -0.902. The zero-order valence-electron chi connectivity index (χ0n) is 16.7. The minimum atomic E-state index is -1.18. The number of ether oxygens (including phenoxy) is 3. The van der Waals surface area contributed by atoms with Crippen LogP contribution in [0.15, 0.2) is 24.3 Å². The van der Waals surface area contributed by atoms with E-state index >= 15 is 0 Å². The monoisotopic (exact) mass is 436 g/mol. The van der Waals surface area contributed by atoms with Crippen LogP contribution in [0.2, 0.25) is 0 Å². The second-order valence-corrected chi connectivity index (χ2v) is 7.24. The maximum atomic E-state index is 12.6. The summed E-state index contributed by atoms with van der Waals surface area (Å²) in [5.74, 6) is -1.52. The van der Waals surface area contributed by atoms with Gasteiger partial charge < -0.3 is 19.5 Å². The average Bonchev–Trinajstić information content (AvgIpc) is 3.19. The summed E-state index contributed by atoms with van der Waals surface area (Å²) < 4.78 is 15.3. The number of nitrogens with one attached hydrogen (secondary N) is 1. The van der Waals surface area contributed by atoms with Gasteiger partial charge in [-0.2, -0.15) is 0 Å². The Morgan fingerprint density at radius 1 is 1.17 bits per heavy atom. The number of nitro groups is 1. The Morgan fingerprint density at radius 3 is 2.37 bits per heavy atom. The molecule has 0 aliphatic carbocycles. The third-order valence-corrected chi connectivity index (χ3v) is 5.09. The smallest absolute Gasteiger partial charge is 0.346 e. The summed E-state index contributed by atoms with van der Waals surface area (Å²) in [7, 11) is 2.63. The first-order chi connectivity index (χ1) is 14.2. The third kappa shape index (κ3) is 5.32. The van der Waals surface area contributed by atoms with Gasteiger partial charge in [-0.05, 0) is 19.1 Å². The lowest BCUT2D eigenvalue weighted by atomic mass is 10.1. The van der Waals surface area contributed by atoms with Crippen molar-refractivity contribution >= 4 is 34.7 Å². The van der Waals surface area contributed by atoms with Crippen molar-refractivity contribution in [1.82, 2.24) is 5.32 Å². The second-order valence-electron chi connectivity index (χ2n) is 6.07. The van der Waals surface area contributed by atoms with Crippen LogP contribution in [0.4, 0.5) is 5.69 Å². The van der Waals surface area contributed by atoms with Gasteiger partial charge in [0, 0.05) is 17.9 Å². The van der Waals surface area contributed by atoms with E-state index in [1.807, 2.05) is 0 Å². The Hall–Kier alpha value is -3.47. The summed E-state index contributed by atoms with van der Waals surface area (Å²) in [6, 6.07) is 5.43. The maximum Gasteiger partial charge on any atom is 0.346 e. The number of hydrogen-bond acceptors (Lipinski definition) is 9. The second kappa shape index (κ2) is 9.83. The maximum absolute atomic E-state index is 12.6. The molecule has 1 heterocycles. The number of benzene rings is 1. The molecule has 2 aromatic rings. The number of methoxy groups -OCH3 is 2. The molecule has 0 radical (unpaired) electrons. The van der Waals surface area contributed by atoms with Crippen LogP contribution in [0.5, 0.6) is 11.5 Å². The fourth-order valence-electron chi connectivity index (χ4n) is 2.48. The van der Waals surface area contributed by atoms with Crippen LogP contribution in [0, 0.1) is 10.1 Å². The fraction of sp³-hybridized carbons (Fsp3) is 0.316. The summed E-state index contributed by atoms with van der Waals surface area (Å²) >= 11 is 1.15. The highest BCUT2D eigenvalue weighted by molar-refractivity contribution is 7.14. The van der Waals surface area contributed by atoms with Crippen LogP contribution in [0.1, 0.15) is 38.8 Å². The fourth-order valence-corrected chi connectivity index (χ4v) is 3.44. The van der Waals surface area contributed by atoms with Gasteiger partial charge in [-0.1, -0.05) is 0 Å². The minimum absolute atomic E-state index is 0.0789. The van der Waals surface area contributed by atoms with Crippen molar-refractivity contribution in [2.75, 3.05) is 14.2 Å².